The van der Waals surface area contributed by atoms with Gasteiger partial charge in [0.15, 0.2) is 0 Å². The number of hydrogen-bond acceptors (Lipinski definition) is 3. The first-order chi connectivity index (χ1) is 9.85. The second kappa shape index (κ2) is 6.49. The van der Waals surface area contributed by atoms with Crippen molar-refractivity contribution in [3.63, 3.8) is 0 Å². The Kier molecular flexibility index (Phi) is 5.10. The van der Waals surface area contributed by atoms with Gasteiger partial charge in [0.25, 0.3) is 5.91 Å². The molecule has 0 aromatic carbocycles. The molecule has 0 bridgehead atoms. The minimum Gasteiger partial charge on any atom is -0.394 e. The zero-order valence-corrected chi connectivity index (χ0v) is 14.3. The monoisotopic (exact) mass is 309 g/mol. The molecule has 2 atom stereocenters. The van der Waals surface area contributed by atoms with Crippen molar-refractivity contribution in [1.29, 1.82) is 0 Å². The lowest BCUT2D eigenvalue weighted by Crippen LogP contribution is -2.36. The molecule has 118 valence electrons. The number of aryl methyl sites for hydroxylation is 1. The second-order valence-electron chi connectivity index (χ2n) is 7.13. The Hall–Kier alpha value is -0.870. The van der Waals surface area contributed by atoms with E-state index in [1.165, 1.54) is 16.9 Å². The molecule has 1 heterocycles. The summed E-state index contributed by atoms with van der Waals surface area (Å²) in [4.78, 5) is 14.4. The standard InChI is InChI=1S/C17H27NO2S/c1-5-13(10-19)18-16(20)15-9-11-8-12(17(2,3)4)6-7-14(11)21-15/h9,12-13,19H,5-8,10H2,1-4H3,(H,18,20). The molecule has 21 heavy (non-hydrogen) atoms. The van der Waals surface area contributed by atoms with Crippen molar-refractivity contribution >= 4 is 17.2 Å². The second-order valence-corrected chi connectivity index (χ2v) is 8.26. The van der Waals surface area contributed by atoms with Gasteiger partial charge in [-0.2, -0.15) is 0 Å². The maximum absolute atomic E-state index is 12.3. The van der Waals surface area contributed by atoms with Gasteiger partial charge in [-0.1, -0.05) is 27.7 Å². The quantitative estimate of drug-likeness (QED) is 0.895. The van der Waals surface area contributed by atoms with Gasteiger partial charge in [-0.05, 0) is 48.6 Å². The average Bonchev–Trinajstić information content (AvgIpc) is 2.86. The number of aliphatic hydroxyl groups excluding tert-OH is 1. The molecule has 1 aliphatic carbocycles. The number of nitrogens with one attached hydrogen (secondary N) is 1. The third-order valence-electron chi connectivity index (χ3n) is 4.58. The molecule has 0 fully saturated rings. The number of carbonyl (C=O) groups excluding carboxylic acids is 1. The average molecular weight is 309 g/mol. The SMILES string of the molecule is CCC(CO)NC(=O)c1cc2c(s1)CCC(C(C)(C)C)C2. The minimum absolute atomic E-state index is 0.000568. The number of thiophene rings is 1. The van der Waals surface area contributed by atoms with Crippen molar-refractivity contribution in [3.05, 3.63) is 21.4 Å². The number of rotatable bonds is 4. The van der Waals surface area contributed by atoms with E-state index in [1.807, 2.05) is 6.92 Å². The highest BCUT2D eigenvalue weighted by atomic mass is 32.1. The maximum Gasteiger partial charge on any atom is 0.261 e. The van der Waals surface area contributed by atoms with Crippen molar-refractivity contribution in [2.45, 2.75) is 59.4 Å². The highest BCUT2D eigenvalue weighted by Gasteiger charge is 2.30. The Balaban J connectivity index is 2.09. The van der Waals surface area contributed by atoms with Gasteiger partial charge < -0.3 is 10.4 Å². The Labute approximate surface area is 131 Å². The van der Waals surface area contributed by atoms with Crippen LogP contribution in [0.5, 0.6) is 0 Å². The molecular weight excluding hydrogens is 282 g/mol. The van der Waals surface area contributed by atoms with Crippen molar-refractivity contribution in [2.75, 3.05) is 6.61 Å². The summed E-state index contributed by atoms with van der Waals surface area (Å²) in [5, 5.41) is 12.1. The fraction of sp³-hybridized carbons (Fsp3) is 0.706. The van der Waals surface area contributed by atoms with Crippen LogP contribution in [0.3, 0.4) is 0 Å². The molecule has 2 N–H and O–H groups in total. The van der Waals surface area contributed by atoms with Gasteiger partial charge in [0.2, 0.25) is 0 Å². The summed E-state index contributed by atoms with van der Waals surface area (Å²) < 4.78 is 0. The number of fused-ring (bicyclic) bond motifs is 1. The van der Waals surface area contributed by atoms with E-state index in [2.05, 4.69) is 32.2 Å². The molecule has 0 saturated carbocycles. The minimum atomic E-state index is -0.140. The van der Waals surface area contributed by atoms with E-state index in [4.69, 9.17) is 0 Å². The molecule has 1 aromatic rings. The molecule has 3 nitrogen and oxygen atoms in total. The van der Waals surface area contributed by atoms with Crippen molar-refractivity contribution < 1.29 is 9.90 Å². The van der Waals surface area contributed by atoms with Gasteiger partial charge in [0.05, 0.1) is 17.5 Å². The smallest absolute Gasteiger partial charge is 0.261 e. The van der Waals surface area contributed by atoms with Gasteiger partial charge in [-0.15, -0.1) is 11.3 Å². The lowest BCUT2D eigenvalue weighted by Gasteiger charge is -2.33. The number of aliphatic hydroxyl groups is 1. The molecule has 1 amide bonds. The van der Waals surface area contributed by atoms with E-state index in [-0.39, 0.29) is 18.6 Å². The zero-order valence-electron chi connectivity index (χ0n) is 13.5. The van der Waals surface area contributed by atoms with Gasteiger partial charge in [0, 0.05) is 4.88 Å². The Bertz CT molecular complexity index is 497. The van der Waals surface area contributed by atoms with Crippen LogP contribution in [0.1, 0.15) is 60.6 Å². The Morgan fingerprint density at radius 2 is 2.24 bits per heavy atom. The predicted molar refractivity (Wildman–Crippen MR) is 87.9 cm³/mol. The molecule has 2 unspecified atom stereocenters. The normalized spacial score (nSPS) is 20.0. The van der Waals surface area contributed by atoms with E-state index < -0.39 is 0 Å². The molecular formula is C17H27NO2S. The number of carbonyl (C=O) groups is 1. The van der Waals surface area contributed by atoms with Gasteiger partial charge in [-0.3, -0.25) is 4.79 Å². The molecule has 0 saturated heterocycles. The van der Waals surface area contributed by atoms with Crippen LogP contribution in [0.2, 0.25) is 0 Å². The summed E-state index contributed by atoms with van der Waals surface area (Å²) in [5.74, 6) is 0.652. The van der Waals surface area contributed by atoms with Crippen LogP contribution in [0, 0.1) is 11.3 Å². The molecule has 0 radical (unpaired) electrons. The van der Waals surface area contributed by atoms with E-state index in [1.54, 1.807) is 11.3 Å². The number of amides is 1. The third kappa shape index (κ3) is 3.86. The molecule has 2 rings (SSSR count). The number of hydrogen-bond donors (Lipinski definition) is 2. The largest absolute Gasteiger partial charge is 0.394 e. The van der Waals surface area contributed by atoms with Crippen LogP contribution in [0.15, 0.2) is 6.07 Å². The summed E-state index contributed by atoms with van der Waals surface area (Å²) in [6, 6.07) is 1.93. The van der Waals surface area contributed by atoms with Gasteiger partial charge in [-0.25, -0.2) is 0 Å². The first-order valence-electron chi connectivity index (χ1n) is 7.88. The lowest BCUT2D eigenvalue weighted by molar-refractivity contribution is 0.0919. The Morgan fingerprint density at radius 3 is 2.81 bits per heavy atom. The summed E-state index contributed by atoms with van der Waals surface area (Å²) in [6.45, 7) is 8.87. The van der Waals surface area contributed by atoms with E-state index in [0.717, 1.165) is 24.1 Å². The van der Waals surface area contributed by atoms with Crippen LogP contribution in [-0.4, -0.2) is 23.7 Å². The molecule has 4 heteroatoms. The summed E-state index contributed by atoms with van der Waals surface area (Å²) in [6.07, 6.45) is 4.14. The first kappa shape index (κ1) is 16.5. The molecule has 0 spiro atoms. The first-order valence-corrected chi connectivity index (χ1v) is 8.70. The molecule has 0 aliphatic heterocycles. The fourth-order valence-corrected chi connectivity index (χ4v) is 4.02. The third-order valence-corrected chi connectivity index (χ3v) is 5.82. The zero-order chi connectivity index (χ0) is 15.6. The lowest BCUT2D eigenvalue weighted by atomic mass is 9.72. The van der Waals surface area contributed by atoms with E-state index >= 15 is 0 Å². The molecule has 1 aromatic heterocycles. The van der Waals surface area contributed by atoms with E-state index in [9.17, 15) is 9.90 Å². The predicted octanol–water partition coefficient (Wildman–Crippen LogP) is 3.40. The van der Waals surface area contributed by atoms with Crippen LogP contribution in [0.25, 0.3) is 0 Å². The fourth-order valence-electron chi connectivity index (χ4n) is 2.91. The van der Waals surface area contributed by atoms with E-state index in [0.29, 0.717) is 11.3 Å². The van der Waals surface area contributed by atoms with Gasteiger partial charge in [0.1, 0.15) is 0 Å². The highest BCUT2D eigenvalue weighted by Crippen LogP contribution is 2.40. The maximum atomic E-state index is 12.3. The van der Waals surface area contributed by atoms with Crippen LogP contribution in [-0.2, 0) is 12.8 Å². The van der Waals surface area contributed by atoms with Crippen LogP contribution in [0.4, 0.5) is 0 Å². The Morgan fingerprint density at radius 1 is 1.52 bits per heavy atom. The summed E-state index contributed by atoms with van der Waals surface area (Å²) in [5.41, 5.74) is 1.68. The van der Waals surface area contributed by atoms with Crippen LogP contribution < -0.4 is 5.32 Å². The topological polar surface area (TPSA) is 49.3 Å². The molecule has 1 aliphatic rings. The van der Waals surface area contributed by atoms with Crippen LogP contribution >= 0.6 is 11.3 Å². The highest BCUT2D eigenvalue weighted by molar-refractivity contribution is 7.14. The van der Waals surface area contributed by atoms with Crippen molar-refractivity contribution in [1.82, 2.24) is 5.32 Å². The summed E-state index contributed by atoms with van der Waals surface area (Å²) >= 11 is 1.63. The summed E-state index contributed by atoms with van der Waals surface area (Å²) in [7, 11) is 0. The van der Waals surface area contributed by atoms with Crippen molar-refractivity contribution in [2.24, 2.45) is 11.3 Å². The van der Waals surface area contributed by atoms with Crippen molar-refractivity contribution in [3.8, 4) is 0 Å². The van der Waals surface area contributed by atoms with Gasteiger partial charge >= 0.3 is 0 Å².